The van der Waals surface area contributed by atoms with Crippen LogP contribution in [0.4, 0.5) is 0 Å². The lowest BCUT2D eigenvalue weighted by Gasteiger charge is -2.34. The third-order valence-corrected chi connectivity index (χ3v) is 5.21. The van der Waals surface area contributed by atoms with Gasteiger partial charge in [0.25, 0.3) is 0 Å². The Morgan fingerprint density at radius 1 is 1.41 bits per heavy atom. The van der Waals surface area contributed by atoms with E-state index in [0.29, 0.717) is 18.5 Å². The van der Waals surface area contributed by atoms with Crippen LogP contribution < -0.4 is 10.6 Å². The molecule has 0 radical (unpaired) electrons. The molecule has 2 aliphatic rings. The first-order chi connectivity index (χ1) is 7.94. The van der Waals surface area contributed by atoms with Gasteiger partial charge in [-0.15, -0.1) is 0 Å². The van der Waals surface area contributed by atoms with E-state index in [2.05, 4.69) is 17.6 Å². The summed E-state index contributed by atoms with van der Waals surface area (Å²) in [5, 5.41) is 6.03. The maximum Gasteiger partial charge on any atom is 0.221 e. The third kappa shape index (κ3) is 3.67. The molecule has 1 saturated carbocycles. The van der Waals surface area contributed by atoms with Crippen molar-refractivity contribution in [3.05, 3.63) is 0 Å². The van der Waals surface area contributed by atoms with Crippen LogP contribution in [-0.2, 0) is 14.6 Å². The summed E-state index contributed by atoms with van der Waals surface area (Å²) in [5.74, 6) is 0.942. The molecule has 0 aromatic carbocycles. The van der Waals surface area contributed by atoms with Crippen molar-refractivity contribution >= 4 is 15.7 Å². The fourth-order valence-electron chi connectivity index (χ4n) is 2.53. The van der Waals surface area contributed by atoms with Crippen molar-refractivity contribution in [2.24, 2.45) is 5.92 Å². The monoisotopic (exact) mass is 260 g/mol. The van der Waals surface area contributed by atoms with Gasteiger partial charge in [-0.05, 0) is 18.8 Å². The molecule has 1 amide bonds. The standard InChI is InChI=1S/C11H20N2O3S/c1-8-4-9(5-8)13-11(14)6-10-7-17(15,16)3-2-12-10/h8-10,12H,2-7H2,1H3,(H,13,14). The summed E-state index contributed by atoms with van der Waals surface area (Å²) >= 11 is 0. The summed E-state index contributed by atoms with van der Waals surface area (Å²) in [6.45, 7) is 2.62. The lowest BCUT2D eigenvalue weighted by atomic mass is 9.82. The van der Waals surface area contributed by atoms with Crippen LogP contribution in [0.15, 0.2) is 0 Å². The van der Waals surface area contributed by atoms with Crippen LogP contribution in [0.5, 0.6) is 0 Å². The quantitative estimate of drug-likeness (QED) is 0.729. The van der Waals surface area contributed by atoms with E-state index >= 15 is 0 Å². The third-order valence-electron chi connectivity index (χ3n) is 3.47. The number of sulfone groups is 1. The first kappa shape index (κ1) is 12.8. The average molecular weight is 260 g/mol. The first-order valence-electron chi connectivity index (χ1n) is 6.18. The number of hydrogen-bond acceptors (Lipinski definition) is 4. The van der Waals surface area contributed by atoms with Crippen molar-refractivity contribution in [1.82, 2.24) is 10.6 Å². The average Bonchev–Trinajstić information content (AvgIpc) is 2.13. The van der Waals surface area contributed by atoms with Crippen LogP contribution in [-0.4, -0.2) is 44.5 Å². The molecule has 1 aliphatic heterocycles. The molecule has 0 spiro atoms. The summed E-state index contributed by atoms with van der Waals surface area (Å²) in [6.07, 6.45) is 2.36. The van der Waals surface area contributed by atoms with Gasteiger partial charge in [0.2, 0.25) is 5.91 Å². The highest BCUT2D eigenvalue weighted by molar-refractivity contribution is 7.91. The van der Waals surface area contributed by atoms with Gasteiger partial charge in [-0.3, -0.25) is 4.79 Å². The van der Waals surface area contributed by atoms with Gasteiger partial charge in [-0.1, -0.05) is 6.92 Å². The summed E-state index contributed by atoms with van der Waals surface area (Å²) in [7, 11) is -2.95. The van der Waals surface area contributed by atoms with Gasteiger partial charge in [-0.2, -0.15) is 0 Å². The molecule has 17 heavy (non-hydrogen) atoms. The molecule has 2 rings (SSSR count). The fraction of sp³-hybridized carbons (Fsp3) is 0.909. The molecule has 6 heteroatoms. The molecule has 2 fully saturated rings. The minimum Gasteiger partial charge on any atom is -0.353 e. The maximum absolute atomic E-state index is 11.7. The summed E-state index contributed by atoms with van der Waals surface area (Å²) in [5.41, 5.74) is 0. The molecule has 1 heterocycles. The highest BCUT2D eigenvalue weighted by Crippen LogP contribution is 2.26. The zero-order valence-electron chi connectivity index (χ0n) is 10.1. The normalized spacial score (nSPS) is 35.9. The highest BCUT2D eigenvalue weighted by atomic mass is 32.2. The smallest absolute Gasteiger partial charge is 0.221 e. The van der Waals surface area contributed by atoms with Gasteiger partial charge in [0.05, 0.1) is 11.5 Å². The topological polar surface area (TPSA) is 75.3 Å². The minimum absolute atomic E-state index is 0.0310. The molecule has 1 atom stereocenters. The Labute approximate surface area is 102 Å². The maximum atomic E-state index is 11.7. The molecule has 0 aromatic heterocycles. The number of rotatable bonds is 3. The molecule has 1 aliphatic carbocycles. The van der Waals surface area contributed by atoms with Crippen molar-refractivity contribution in [3.8, 4) is 0 Å². The second-order valence-corrected chi connectivity index (χ2v) is 7.54. The van der Waals surface area contributed by atoms with E-state index in [4.69, 9.17) is 0 Å². The molecule has 5 nitrogen and oxygen atoms in total. The van der Waals surface area contributed by atoms with Crippen LogP contribution in [0.3, 0.4) is 0 Å². The zero-order chi connectivity index (χ0) is 12.5. The van der Waals surface area contributed by atoms with E-state index in [9.17, 15) is 13.2 Å². The summed E-state index contributed by atoms with van der Waals surface area (Å²) in [6, 6.07) is 0.0870. The van der Waals surface area contributed by atoms with E-state index in [1.54, 1.807) is 0 Å². The van der Waals surface area contributed by atoms with Gasteiger partial charge in [0, 0.05) is 25.0 Å². The van der Waals surface area contributed by atoms with E-state index in [1.165, 1.54) is 0 Å². The lowest BCUT2D eigenvalue weighted by molar-refractivity contribution is -0.123. The lowest BCUT2D eigenvalue weighted by Crippen LogP contribution is -2.49. The van der Waals surface area contributed by atoms with E-state index < -0.39 is 9.84 Å². The molecular formula is C11H20N2O3S. The van der Waals surface area contributed by atoms with Crippen molar-refractivity contribution in [2.45, 2.75) is 38.3 Å². The van der Waals surface area contributed by atoms with Crippen LogP contribution in [0.25, 0.3) is 0 Å². The number of carbonyl (C=O) groups excluding carboxylic acids is 1. The van der Waals surface area contributed by atoms with E-state index in [1.807, 2.05) is 0 Å². The fourth-order valence-corrected chi connectivity index (χ4v) is 3.97. The predicted molar refractivity (Wildman–Crippen MR) is 65.4 cm³/mol. The Morgan fingerprint density at radius 3 is 2.71 bits per heavy atom. The van der Waals surface area contributed by atoms with E-state index in [0.717, 1.165) is 12.8 Å². The molecule has 0 bridgehead atoms. The number of carbonyl (C=O) groups is 1. The largest absolute Gasteiger partial charge is 0.353 e. The van der Waals surface area contributed by atoms with Crippen LogP contribution in [0.1, 0.15) is 26.2 Å². The van der Waals surface area contributed by atoms with E-state index in [-0.39, 0.29) is 29.9 Å². The second-order valence-electron chi connectivity index (χ2n) is 5.31. The predicted octanol–water partition coefficient (Wildman–Crippen LogP) is -0.322. The summed E-state index contributed by atoms with van der Waals surface area (Å²) in [4.78, 5) is 11.7. The second kappa shape index (κ2) is 4.94. The van der Waals surface area contributed by atoms with Crippen molar-refractivity contribution in [1.29, 1.82) is 0 Å². The van der Waals surface area contributed by atoms with Gasteiger partial charge < -0.3 is 10.6 Å². The van der Waals surface area contributed by atoms with Gasteiger partial charge in [-0.25, -0.2) is 8.42 Å². The van der Waals surface area contributed by atoms with Crippen LogP contribution >= 0.6 is 0 Å². The number of nitrogens with one attached hydrogen (secondary N) is 2. The number of amides is 1. The Bertz CT molecular complexity index is 388. The molecule has 0 aromatic rings. The van der Waals surface area contributed by atoms with Crippen LogP contribution in [0, 0.1) is 5.92 Å². The zero-order valence-corrected chi connectivity index (χ0v) is 10.9. The number of hydrogen-bond donors (Lipinski definition) is 2. The van der Waals surface area contributed by atoms with Crippen molar-refractivity contribution in [3.63, 3.8) is 0 Å². The Morgan fingerprint density at radius 2 is 2.12 bits per heavy atom. The Hall–Kier alpha value is -0.620. The Kier molecular flexibility index (Phi) is 3.73. The van der Waals surface area contributed by atoms with Gasteiger partial charge >= 0.3 is 0 Å². The van der Waals surface area contributed by atoms with Crippen LogP contribution in [0.2, 0.25) is 0 Å². The molecule has 1 unspecified atom stereocenters. The summed E-state index contributed by atoms with van der Waals surface area (Å²) < 4.78 is 22.8. The SMILES string of the molecule is CC1CC(NC(=O)CC2CS(=O)(=O)CCN2)C1. The molecule has 2 N–H and O–H groups in total. The van der Waals surface area contributed by atoms with Gasteiger partial charge in [0.15, 0.2) is 9.84 Å². The van der Waals surface area contributed by atoms with Crippen molar-refractivity contribution < 1.29 is 13.2 Å². The molecule has 1 saturated heterocycles. The first-order valence-corrected chi connectivity index (χ1v) is 8.00. The van der Waals surface area contributed by atoms with Gasteiger partial charge in [0.1, 0.15) is 0 Å². The molecule has 98 valence electrons. The highest BCUT2D eigenvalue weighted by Gasteiger charge is 2.29. The molecular weight excluding hydrogens is 240 g/mol. The Balaban J connectivity index is 1.74. The van der Waals surface area contributed by atoms with Crippen molar-refractivity contribution in [2.75, 3.05) is 18.1 Å². The minimum atomic E-state index is -2.95.